The molecule has 0 atom stereocenters. The molecule has 0 saturated carbocycles. The molecule has 5 nitrogen and oxygen atoms in total. The van der Waals surface area contributed by atoms with Crippen molar-refractivity contribution in [2.45, 2.75) is 21.7 Å². The minimum absolute atomic E-state index is 0.802. The van der Waals surface area contributed by atoms with E-state index in [0.29, 0.717) is 0 Å². The van der Waals surface area contributed by atoms with E-state index in [1.165, 1.54) is 0 Å². The van der Waals surface area contributed by atoms with E-state index in [-0.39, 0.29) is 0 Å². The monoisotopic (exact) mass is 454 g/mol. The molecular formula is C8H6Br2F6O5. The first-order valence-electron chi connectivity index (χ1n) is 4.73. The lowest BCUT2D eigenvalue weighted by molar-refractivity contribution is -0.357. The molecule has 0 unspecified atom stereocenters. The van der Waals surface area contributed by atoms with Crippen LogP contribution in [0.25, 0.3) is 0 Å². The van der Waals surface area contributed by atoms with Gasteiger partial charge < -0.3 is 14.6 Å². The van der Waals surface area contributed by atoms with E-state index in [1.807, 2.05) is 0 Å². The van der Waals surface area contributed by atoms with Crippen LogP contribution in [-0.2, 0) is 19.1 Å². The molecule has 0 aliphatic heterocycles. The van der Waals surface area contributed by atoms with Crippen molar-refractivity contribution >= 4 is 43.8 Å². The molecule has 0 radical (unpaired) electrons. The number of carbonyl (C=O) groups excluding carboxylic acids is 2. The largest absolute Gasteiger partial charge is 0.461 e. The van der Waals surface area contributed by atoms with Crippen LogP contribution in [0.3, 0.4) is 0 Å². The van der Waals surface area contributed by atoms with Crippen LogP contribution in [0.4, 0.5) is 26.3 Å². The quantitative estimate of drug-likeness (QED) is 0.297. The van der Waals surface area contributed by atoms with Crippen molar-refractivity contribution in [1.29, 1.82) is 0 Å². The SMILES string of the molecule is O=C(OCCOC(=O)C(O)(C(F)(F)F)C(F)(F)F)C(Br)Br. The van der Waals surface area contributed by atoms with Crippen LogP contribution in [0.1, 0.15) is 0 Å². The molecule has 0 heterocycles. The molecule has 0 aromatic carbocycles. The first kappa shape index (κ1) is 20.4. The molecule has 21 heavy (non-hydrogen) atoms. The van der Waals surface area contributed by atoms with Crippen molar-refractivity contribution in [3.8, 4) is 0 Å². The predicted molar refractivity (Wildman–Crippen MR) is 60.6 cm³/mol. The Bertz CT molecular complexity index is 380. The van der Waals surface area contributed by atoms with E-state index in [4.69, 9.17) is 5.11 Å². The third-order valence-electron chi connectivity index (χ3n) is 1.85. The van der Waals surface area contributed by atoms with Gasteiger partial charge in [0.2, 0.25) is 0 Å². The van der Waals surface area contributed by atoms with E-state index in [2.05, 4.69) is 41.3 Å². The first-order chi connectivity index (χ1) is 9.25. The summed E-state index contributed by atoms with van der Waals surface area (Å²) in [6.45, 7) is -1.91. The number of aliphatic hydroxyl groups is 1. The Morgan fingerprint density at radius 1 is 0.952 bits per heavy atom. The summed E-state index contributed by atoms with van der Waals surface area (Å²) in [5, 5.41) is 8.60. The first-order valence-corrected chi connectivity index (χ1v) is 6.56. The Labute approximate surface area is 129 Å². The highest BCUT2D eigenvalue weighted by atomic mass is 79.9. The topological polar surface area (TPSA) is 72.8 Å². The van der Waals surface area contributed by atoms with Gasteiger partial charge in [-0.1, -0.05) is 31.9 Å². The van der Waals surface area contributed by atoms with E-state index < -0.39 is 46.8 Å². The van der Waals surface area contributed by atoms with Crippen molar-refractivity contribution in [1.82, 2.24) is 0 Å². The Hall–Kier alpha value is -0.560. The summed E-state index contributed by atoms with van der Waals surface area (Å²) in [6.07, 6.45) is -12.6. The van der Waals surface area contributed by atoms with Gasteiger partial charge in [0.15, 0.2) is 3.74 Å². The molecule has 0 fully saturated rings. The Morgan fingerprint density at radius 2 is 1.33 bits per heavy atom. The molecule has 1 N–H and O–H groups in total. The number of hydrogen-bond donors (Lipinski definition) is 1. The summed E-state index contributed by atoms with van der Waals surface area (Å²) in [6, 6.07) is 0. The standard InChI is InChI=1S/C8H6Br2F6O5/c9-3(10)4(17)20-1-2-21-5(18)6(19,7(11,12)13)8(14,15)16/h3,19H,1-2H2. The summed E-state index contributed by atoms with van der Waals surface area (Å²) in [7, 11) is 0. The smallest absolute Gasteiger partial charge is 0.437 e. The molecule has 0 amide bonds. The van der Waals surface area contributed by atoms with Crippen molar-refractivity contribution in [2.24, 2.45) is 0 Å². The maximum absolute atomic E-state index is 12.2. The fourth-order valence-electron chi connectivity index (χ4n) is 0.836. The summed E-state index contributed by atoms with van der Waals surface area (Å²) < 4.78 is 80.3. The molecule has 0 aromatic heterocycles. The molecule has 0 aromatic rings. The zero-order chi connectivity index (χ0) is 17.1. The van der Waals surface area contributed by atoms with Crippen LogP contribution in [0.15, 0.2) is 0 Å². The summed E-state index contributed by atoms with van der Waals surface area (Å²) in [4.78, 5) is 21.7. The van der Waals surface area contributed by atoms with Crippen molar-refractivity contribution < 1.29 is 50.5 Å². The van der Waals surface area contributed by atoms with Crippen LogP contribution in [0, 0.1) is 0 Å². The molecule has 0 bridgehead atoms. The Balaban J connectivity index is 4.71. The Kier molecular flexibility index (Phi) is 6.94. The molecule has 0 aliphatic rings. The maximum Gasteiger partial charge on any atom is 0.437 e. The molecule has 124 valence electrons. The second-order valence-corrected chi connectivity index (χ2v) is 6.37. The second-order valence-electron chi connectivity index (χ2n) is 3.31. The van der Waals surface area contributed by atoms with Gasteiger partial charge in [0.25, 0.3) is 0 Å². The number of halogens is 8. The van der Waals surface area contributed by atoms with Crippen LogP contribution < -0.4 is 0 Å². The van der Waals surface area contributed by atoms with Gasteiger partial charge in [-0.2, -0.15) is 26.3 Å². The lowest BCUT2D eigenvalue weighted by Gasteiger charge is -2.29. The summed E-state index contributed by atoms with van der Waals surface area (Å²) in [5.74, 6) is -3.92. The van der Waals surface area contributed by atoms with Crippen LogP contribution >= 0.6 is 31.9 Å². The average Bonchev–Trinajstić information content (AvgIpc) is 2.29. The van der Waals surface area contributed by atoms with E-state index >= 15 is 0 Å². The lowest BCUT2D eigenvalue weighted by atomic mass is 10.0. The van der Waals surface area contributed by atoms with Gasteiger partial charge in [-0.25, -0.2) is 9.59 Å². The Morgan fingerprint density at radius 3 is 1.67 bits per heavy atom. The van der Waals surface area contributed by atoms with Gasteiger partial charge in [0, 0.05) is 0 Å². The van der Waals surface area contributed by atoms with Gasteiger partial charge in [-0.05, 0) is 0 Å². The zero-order valence-electron chi connectivity index (χ0n) is 9.60. The van der Waals surface area contributed by atoms with Crippen LogP contribution in [0.5, 0.6) is 0 Å². The van der Waals surface area contributed by atoms with Crippen LogP contribution in [-0.4, -0.2) is 51.9 Å². The van der Waals surface area contributed by atoms with Crippen LogP contribution in [0.2, 0.25) is 0 Å². The minimum atomic E-state index is -6.32. The lowest BCUT2D eigenvalue weighted by Crippen LogP contribution is -2.63. The highest BCUT2D eigenvalue weighted by Crippen LogP contribution is 2.43. The molecule has 0 aliphatic carbocycles. The molecule has 0 spiro atoms. The van der Waals surface area contributed by atoms with Gasteiger partial charge in [-0.3, -0.25) is 0 Å². The van der Waals surface area contributed by atoms with E-state index in [9.17, 15) is 35.9 Å². The molecule has 13 heteroatoms. The number of esters is 2. The average molecular weight is 456 g/mol. The minimum Gasteiger partial charge on any atom is -0.461 e. The third-order valence-corrected chi connectivity index (χ3v) is 2.60. The van der Waals surface area contributed by atoms with E-state index in [0.717, 1.165) is 0 Å². The van der Waals surface area contributed by atoms with Gasteiger partial charge in [0.1, 0.15) is 13.2 Å². The van der Waals surface area contributed by atoms with Gasteiger partial charge in [0.05, 0.1) is 0 Å². The third kappa shape index (κ3) is 4.98. The number of hydrogen-bond acceptors (Lipinski definition) is 5. The second kappa shape index (κ2) is 7.13. The number of carbonyl (C=O) groups is 2. The molecule has 0 saturated heterocycles. The van der Waals surface area contributed by atoms with Gasteiger partial charge in [-0.15, -0.1) is 0 Å². The normalized spacial score (nSPS) is 13.2. The van der Waals surface area contributed by atoms with Gasteiger partial charge >= 0.3 is 29.9 Å². The summed E-state index contributed by atoms with van der Waals surface area (Å²) in [5.41, 5.74) is -5.66. The fraction of sp³-hybridized carbons (Fsp3) is 0.750. The molecule has 0 rings (SSSR count). The van der Waals surface area contributed by atoms with E-state index in [1.54, 1.807) is 0 Å². The number of ether oxygens (including phenoxy) is 2. The number of alkyl halides is 8. The van der Waals surface area contributed by atoms with Crippen molar-refractivity contribution in [3.05, 3.63) is 0 Å². The molecular weight excluding hydrogens is 450 g/mol. The maximum atomic E-state index is 12.2. The highest BCUT2D eigenvalue weighted by Gasteiger charge is 2.76. The highest BCUT2D eigenvalue weighted by molar-refractivity contribution is 9.25. The summed E-state index contributed by atoms with van der Waals surface area (Å²) >= 11 is 5.40. The fourth-order valence-corrected chi connectivity index (χ4v) is 1.10. The van der Waals surface area contributed by atoms with Crippen molar-refractivity contribution in [2.75, 3.05) is 13.2 Å². The zero-order valence-corrected chi connectivity index (χ0v) is 12.8. The van der Waals surface area contributed by atoms with Crippen molar-refractivity contribution in [3.63, 3.8) is 0 Å². The predicted octanol–water partition coefficient (Wildman–Crippen LogP) is 2.04. The number of rotatable bonds is 5.